The number of nitrogens with one attached hydrogen (secondary N) is 1. The van der Waals surface area contributed by atoms with Gasteiger partial charge in [0, 0.05) is 19.4 Å². The molecule has 1 fully saturated rings. The summed E-state index contributed by atoms with van der Waals surface area (Å²) in [6.45, 7) is 1.93. The smallest absolute Gasteiger partial charge is 0.248 e. The molecule has 0 amide bonds. The largest absolute Gasteiger partial charge is 0.395 e. The maximum absolute atomic E-state index is 13.3. The van der Waals surface area contributed by atoms with Gasteiger partial charge in [-0.1, -0.05) is 57.8 Å². The SMILES string of the molecule is OCCNCCCCCCCCCCC1CCCC(F)(F)C1. The van der Waals surface area contributed by atoms with Gasteiger partial charge < -0.3 is 10.4 Å². The Morgan fingerprint density at radius 2 is 1.55 bits per heavy atom. The number of unbranched alkanes of at least 4 members (excludes halogenated alkanes) is 7. The van der Waals surface area contributed by atoms with Gasteiger partial charge >= 0.3 is 0 Å². The van der Waals surface area contributed by atoms with Crippen LogP contribution in [-0.4, -0.2) is 30.7 Å². The molecule has 132 valence electrons. The van der Waals surface area contributed by atoms with Crippen molar-refractivity contribution in [2.24, 2.45) is 5.92 Å². The fourth-order valence-corrected chi connectivity index (χ4v) is 3.47. The second-order valence-electron chi connectivity index (χ2n) is 6.91. The minimum atomic E-state index is -2.38. The molecule has 0 heterocycles. The molecule has 1 unspecified atom stereocenters. The monoisotopic (exact) mass is 319 g/mol. The zero-order valence-corrected chi connectivity index (χ0v) is 14.1. The highest BCUT2D eigenvalue weighted by atomic mass is 19.3. The Balaban J connectivity index is 1.80. The molecule has 0 spiro atoms. The van der Waals surface area contributed by atoms with E-state index in [0.717, 1.165) is 25.8 Å². The van der Waals surface area contributed by atoms with Gasteiger partial charge in [0.05, 0.1) is 6.61 Å². The Morgan fingerprint density at radius 1 is 0.909 bits per heavy atom. The molecule has 1 saturated carbocycles. The van der Waals surface area contributed by atoms with Crippen LogP contribution >= 0.6 is 0 Å². The molecular formula is C18H35F2NO. The normalized spacial score (nSPS) is 21.1. The van der Waals surface area contributed by atoms with Crippen LogP contribution in [0.25, 0.3) is 0 Å². The van der Waals surface area contributed by atoms with Crippen LogP contribution in [0.15, 0.2) is 0 Å². The van der Waals surface area contributed by atoms with Crippen molar-refractivity contribution in [2.45, 2.75) is 89.4 Å². The van der Waals surface area contributed by atoms with Gasteiger partial charge in [0.25, 0.3) is 0 Å². The molecule has 2 N–H and O–H groups in total. The molecule has 1 rings (SSSR count). The molecule has 0 radical (unpaired) electrons. The van der Waals surface area contributed by atoms with Crippen LogP contribution in [0.4, 0.5) is 8.78 Å². The number of hydrogen-bond donors (Lipinski definition) is 2. The zero-order valence-electron chi connectivity index (χ0n) is 14.1. The average molecular weight is 319 g/mol. The summed E-state index contributed by atoms with van der Waals surface area (Å²) in [6, 6.07) is 0. The Hall–Kier alpha value is -0.220. The molecule has 22 heavy (non-hydrogen) atoms. The summed E-state index contributed by atoms with van der Waals surface area (Å²) >= 11 is 0. The number of aliphatic hydroxyl groups excluding tert-OH is 1. The van der Waals surface area contributed by atoms with E-state index in [0.29, 0.717) is 13.0 Å². The first-order valence-electron chi connectivity index (χ1n) is 9.33. The van der Waals surface area contributed by atoms with Crippen LogP contribution in [-0.2, 0) is 0 Å². The summed E-state index contributed by atoms with van der Waals surface area (Å²) in [5.41, 5.74) is 0. The van der Waals surface area contributed by atoms with E-state index >= 15 is 0 Å². The Labute approximate surface area is 135 Å². The molecule has 2 nitrogen and oxygen atoms in total. The summed E-state index contributed by atoms with van der Waals surface area (Å²) < 4.78 is 26.6. The highest BCUT2D eigenvalue weighted by molar-refractivity contribution is 4.78. The van der Waals surface area contributed by atoms with E-state index < -0.39 is 5.92 Å². The topological polar surface area (TPSA) is 32.3 Å². The minimum Gasteiger partial charge on any atom is -0.395 e. The molecule has 1 atom stereocenters. The first-order valence-corrected chi connectivity index (χ1v) is 9.33. The third-order valence-corrected chi connectivity index (χ3v) is 4.75. The molecule has 0 aromatic carbocycles. The van der Waals surface area contributed by atoms with E-state index in [1.165, 1.54) is 44.9 Å². The first-order chi connectivity index (χ1) is 10.6. The van der Waals surface area contributed by atoms with Crippen molar-refractivity contribution in [3.63, 3.8) is 0 Å². The average Bonchev–Trinajstić information content (AvgIpc) is 2.47. The van der Waals surface area contributed by atoms with Crippen LogP contribution in [0, 0.1) is 5.92 Å². The Kier molecular flexibility index (Phi) is 11.0. The maximum atomic E-state index is 13.3. The van der Waals surface area contributed by atoms with Gasteiger partial charge in [0.15, 0.2) is 0 Å². The molecule has 0 saturated heterocycles. The van der Waals surface area contributed by atoms with Gasteiger partial charge in [-0.3, -0.25) is 0 Å². The van der Waals surface area contributed by atoms with E-state index in [1.54, 1.807) is 0 Å². The van der Waals surface area contributed by atoms with Gasteiger partial charge in [-0.2, -0.15) is 0 Å². The number of halogens is 2. The molecule has 0 aliphatic heterocycles. The summed E-state index contributed by atoms with van der Waals surface area (Å²) in [6.07, 6.45) is 12.9. The molecule has 0 aromatic heterocycles. The van der Waals surface area contributed by atoms with Gasteiger partial charge in [-0.05, 0) is 25.3 Å². The van der Waals surface area contributed by atoms with Crippen molar-refractivity contribution in [3.05, 3.63) is 0 Å². The summed E-state index contributed by atoms with van der Waals surface area (Å²) in [4.78, 5) is 0. The van der Waals surface area contributed by atoms with Gasteiger partial charge in [-0.25, -0.2) is 8.78 Å². The quantitative estimate of drug-likeness (QED) is 0.473. The lowest BCUT2D eigenvalue weighted by molar-refractivity contribution is -0.0538. The summed E-state index contributed by atoms with van der Waals surface area (Å²) in [5.74, 6) is -2.11. The lowest BCUT2D eigenvalue weighted by Crippen LogP contribution is -2.25. The molecule has 0 aromatic rings. The minimum absolute atomic E-state index is 0.110. The van der Waals surface area contributed by atoms with Crippen molar-refractivity contribution in [2.75, 3.05) is 19.7 Å². The van der Waals surface area contributed by atoms with Gasteiger partial charge in [0.2, 0.25) is 5.92 Å². The van der Waals surface area contributed by atoms with E-state index in [9.17, 15) is 8.78 Å². The van der Waals surface area contributed by atoms with E-state index in [-0.39, 0.29) is 25.4 Å². The lowest BCUT2D eigenvalue weighted by atomic mass is 9.83. The Bertz CT molecular complexity index is 261. The van der Waals surface area contributed by atoms with Crippen LogP contribution < -0.4 is 5.32 Å². The van der Waals surface area contributed by atoms with Crippen molar-refractivity contribution >= 4 is 0 Å². The maximum Gasteiger partial charge on any atom is 0.248 e. The number of aliphatic hydroxyl groups is 1. The first kappa shape index (κ1) is 19.8. The van der Waals surface area contributed by atoms with Crippen LogP contribution in [0.1, 0.15) is 83.5 Å². The third-order valence-electron chi connectivity index (χ3n) is 4.75. The highest BCUT2D eigenvalue weighted by Gasteiger charge is 2.35. The molecular weight excluding hydrogens is 284 g/mol. The van der Waals surface area contributed by atoms with Gasteiger partial charge in [0.1, 0.15) is 0 Å². The summed E-state index contributed by atoms with van der Waals surface area (Å²) in [7, 11) is 0. The number of hydrogen-bond acceptors (Lipinski definition) is 2. The molecule has 4 heteroatoms. The van der Waals surface area contributed by atoms with E-state index in [2.05, 4.69) is 5.32 Å². The van der Waals surface area contributed by atoms with Crippen molar-refractivity contribution < 1.29 is 13.9 Å². The lowest BCUT2D eigenvalue weighted by Gasteiger charge is -2.28. The van der Waals surface area contributed by atoms with Crippen LogP contribution in [0.5, 0.6) is 0 Å². The predicted octanol–water partition coefficient (Wildman–Crippen LogP) is 4.90. The zero-order chi connectivity index (χ0) is 16.1. The fraction of sp³-hybridized carbons (Fsp3) is 1.00. The van der Waals surface area contributed by atoms with Crippen LogP contribution in [0.2, 0.25) is 0 Å². The second kappa shape index (κ2) is 12.2. The fourth-order valence-electron chi connectivity index (χ4n) is 3.47. The molecule has 1 aliphatic carbocycles. The van der Waals surface area contributed by atoms with Crippen molar-refractivity contribution in [3.8, 4) is 0 Å². The van der Waals surface area contributed by atoms with E-state index in [1.807, 2.05) is 0 Å². The second-order valence-corrected chi connectivity index (χ2v) is 6.91. The third kappa shape index (κ3) is 10.5. The number of rotatable bonds is 13. The van der Waals surface area contributed by atoms with Gasteiger partial charge in [-0.15, -0.1) is 0 Å². The highest BCUT2D eigenvalue weighted by Crippen LogP contribution is 2.38. The Morgan fingerprint density at radius 3 is 2.18 bits per heavy atom. The summed E-state index contributed by atoms with van der Waals surface area (Å²) in [5, 5.41) is 11.8. The van der Waals surface area contributed by atoms with Crippen LogP contribution in [0.3, 0.4) is 0 Å². The number of alkyl halides is 2. The van der Waals surface area contributed by atoms with Crippen molar-refractivity contribution in [1.29, 1.82) is 0 Å². The van der Waals surface area contributed by atoms with Crippen molar-refractivity contribution in [1.82, 2.24) is 5.32 Å². The molecule has 1 aliphatic rings. The predicted molar refractivity (Wildman–Crippen MR) is 88.4 cm³/mol. The van der Waals surface area contributed by atoms with E-state index in [4.69, 9.17) is 5.11 Å². The molecule has 0 bridgehead atoms. The standard InChI is InChI=1S/C18H35F2NO/c19-18(20)12-9-11-17(16-18)10-7-5-3-1-2-4-6-8-13-21-14-15-22/h17,21-22H,1-16H2.